The predicted octanol–water partition coefficient (Wildman–Crippen LogP) is 1.65. The third-order valence-corrected chi connectivity index (χ3v) is 5.98. The summed E-state index contributed by atoms with van der Waals surface area (Å²) >= 11 is 5.87. The molecule has 34 heavy (non-hydrogen) atoms. The molecule has 1 atom stereocenters. The highest BCUT2D eigenvalue weighted by atomic mass is 35.5. The number of morpholine rings is 1. The predicted molar refractivity (Wildman–Crippen MR) is 128 cm³/mol. The first-order chi connectivity index (χ1) is 16.5. The lowest BCUT2D eigenvalue weighted by Gasteiger charge is -2.31. The van der Waals surface area contributed by atoms with E-state index in [2.05, 4.69) is 50.0 Å². The number of carbonyl (C=O) groups is 1. The van der Waals surface area contributed by atoms with Gasteiger partial charge in [-0.1, -0.05) is 23.7 Å². The van der Waals surface area contributed by atoms with Crippen molar-refractivity contribution < 1.29 is 19.2 Å². The summed E-state index contributed by atoms with van der Waals surface area (Å²) in [5, 5.41) is 15.7. The Morgan fingerprint density at radius 1 is 1.18 bits per heavy atom. The van der Waals surface area contributed by atoms with Gasteiger partial charge in [-0.15, -0.1) is 5.10 Å². The molecule has 1 aliphatic rings. The molecule has 0 saturated carbocycles. The quantitative estimate of drug-likeness (QED) is 0.499. The summed E-state index contributed by atoms with van der Waals surface area (Å²) in [7, 11) is 4.03. The Morgan fingerprint density at radius 3 is 2.56 bits per heavy atom. The van der Waals surface area contributed by atoms with Crippen LogP contribution in [-0.2, 0) is 16.0 Å². The van der Waals surface area contributed by atoms with Gasteiger partial charge in [-0.3, -0.25) is 5.32 Å². The number of aromatic nitrogens is 4. The average molecular weight is 487 g/mol. The minimum absolute atomic E-state index is 0.0574. The second kappa shape index (κ2) is 11.3. The number of benzene rings is 2. The molecular weight excluding hydrogens is 458 g/mol. The van der Waals surface area contributed by atoms with Gasteiger partial charge in [0, 0.05) is 36.1 Å². The number of hydrogen-bond donors (Lipinski definition) is 2. The lowest BCUT2D eigenvalue weighted by atomic mass is 10.0. The first-order valence-corrected chi connectivity index (χ1v) is 11.5. The van der Waals surface area contributed by atoms with Crippen LogP contribution < -0.4 is 15.1 Å². The second-order valence-corrected chi connectivity index (χ2v) is 8.65. The van der Waals surface area contributed by atoms with E-state index >= 15 is 0 Å². The van der Waals surface area contributed by atoms with E-state index in [1.807, 2.05) is 14.1 Å². The number of amides is 1. The van der Waals surface area contributed by atoms with Crippen molar-refractivity contribution in [1.82, 2.24) is 20.2 Å². The molecule has 1 aliphatic heterocycles. The molecule has 1 fully saturated rings. The first kappa shape index (κ1) is 23.9. The number of nitrogens with one attached hydrogen (secondary N) is 2. The molecular formula is C23H29ClN7O3+. The van der Waals surface area contributed by atoms with Gasteiger partial charge in [0.05, 0.1) is 19.8 Å². The molecule has 1 saturated heterocycles. The van der Waals surface area contributed by atoms with Crippen LogP contribution in [0.2, 0.25) is 5.02 Å². The van der Waals surface area contributed by atoms with Gasteiger partial charge in [-0.05, 0) is 46.8 Å². The molecule has 11 heteroatoms. The summed E-state index contributed by atoms with van der Waals surface area (Å²) in [5.74, 6) is 0.733. The largest absolute Gasteiger partial charge is 0.447 e. The van der Waals surface area contributed by atoms with Crippen LogP contribution in [-0.4, -0.2) is 73.3 Å². The van der Waals surface area contributed by atoms with E-state index in [0.717, 1.165) is 30.2 Å². The van der Waals surface area contributed by atoms with Gasteiger partial charge in [0.15, 0.2) is 6.04 Å². The molecule has 2 N–H and O–H groups in total. The van der Waals surface area contributed by atoms with E-state index < -0.39 is 6.09 Å². The molecule has 0 aliphatic carbocycles. The monoisotopic (exact) mass is 486 g/mol. The SMILES string of the molecule is CN(C)c1ccc([C@@H](c2nnnn2CCOC(=O)Nc2ccc(Cl)cc2)[NH+]2CCOCC2)cc1. The van der Waals surface area contributed by atoms with Crippen molar-refractivity contribution in [2.24, 2.45) is 0 Å². The van der Waals surface area contributed by atoms with Crippen LogP contribution in [0.15, 0.2) is 48.5 Å². The molecule has 0 unspecified atom stereocenters. The molecule has 10 nitrogen and oxygen atoms in total. The number of carbonyl (C=O) groups excluding carboxylic acids is 1. The summed E-state index contributed by atoms with van der Waals surface area (Å²) in [4.78, 5) is 15.6. The number of rotatable bonds is 8. The van der Waals surface area contributed by atoms with Crippen LogP contribution in [0.5, 0.6) is 0 Å². The molecule has 180 valence electrons. The number of quaternary nitrogens is 1. The molecule has 4 rings (SSSR count). The minimum atomic E-state index is -0.549. The smallest absolute Gasteiger partial charge is 0.411 e. The van der Waals surface area contributed by atoms with E-state index in [1.165, 1.54) is 4.90 Å². The Kier molecular flexibility index (Phi) is 7.94. The molecule has 3 aromatic rings. The molecule has 0 radical (unpaired) electrons. The summed E-state index contributed by atoms with van der Waals surface area (Å²) in [6.45, 7) is 3.56. The molecule has 1 amide bonds. The lowest BCUT2D eigenvalue weighted by Crippen LogP contribution is -3.14. The molecule has 0 bridgehead atoms. The number of anilines is 2. The van der Waals surface area contributed by atoms with Crippen molar-refractivity contribution in [2.75, 3.05) is 57.2 Å². The summed E-state index contributed by atoms with van der Waals surface area (Å²) < 4.78 is 12.6. The highest BCUT2D eigenvalue weighted by Gasteiger charge is 2.33. The Morgan fingerprint density at radius 2 is 1.88 bits per heavy atom. The van der Waals surface area contributed by atoms with Crippen molar-refractivity contribution in [3.05, 3.63) is 64.9 Å². The van der Waals surface area contributed by atoms with Crippen LogP contribution in [0.25, 0.3) is 0 Å². The number of nitrogens with zero attached hydrogens (tertiary/aromatic N) is 5. The minimum Gasteiger partial charge on any atom is -0.447 e. The molecule has 2 aromatic carbocycles. The molecule has 1 aromatic heterocycles. The van der Waals surface area contributed by atoms with Crippen LogP contribution in [0.4, 0.5) is 16.2 Å². The van der Waals surface area contributed by atoms with E-state index in [1.54, 1.807) is 28.9 Å². The normalized spacial score (nSPS) is 15.0. The Balaban J connectivity index is 1.45. The van der Waals surface area contributed by atoms with Crippen molar-refractivity contribution >= 4 is 29.1 Å². The lowest BCUT2D eigenvalue weighted by molar-refractivity contribution is -0.933. The third-order valence-electron chi connectivity index (χ3n) is 5.73. The maximum atomic E-state index is 12.2. The van der Waals surface area contributed by atoms with Crippen molar-refractivity contribution in [3.8, 4) is 0 Å². The van der Waals surface area contributed by atoms with Gasteiger partial charge in [0.25, 0.3) is 0 Å². The van der Waals surface area contributed by atoms with Crippen molar-refractivity contribution in [2.45, 2.75) is 12.6 Å². The van der Waals surface area contributed by atoms with Crippen LogP contribution in [0.1, 0.15) is 17.4 Å². The highest BCUT2D eigenvalue weighted by molar-refractivity contribution is 6.30. The maximum Gasteiger partial charge on any atom is 0.411 e. The van der Waals surface area contributed by atoms with Crippen LogP contribution in [0.3, 0.4) is 0 Å². The van der Waals surface area contributed by atoms with Gasteiger partial charge in [-0.25, -0.2) is 9.48 Å². The first-order valence-electron chi connectivity index (χ1n) is 11.2. The Hall–Kier alpha value is -3.21. The average Bonchev–Trinajstić information content (AvgIpc) is 3.30. The molecule has 2 heterocycles. The van der Waals surface area contributed by atoms with Crippen LogP contribution >= 0.6 is 11.6 Å². The van der Waals surface area contributed by atoms with Gasteiger partial charge < -0.3 is 19.3 Å². The van der Waals surface area contributed by atoms with E-state index in [-0.39, 0.29) is 12.6 Å². The standard InChI is InChI=1S/C23H28ClN7O3/c1-29(2)20-9-3-17(4-10-20)21(30-11-14-33-15-12-30)22-26-27-28-31(22)13-16-34-23(32)25-19-7-5-18(24)6-8-19/h3-10,21H,11-16H2,1-2H3,(H,25,32)/p+1/t21-/m0/s1. The van der Waals surface area contributed by atoms with Gasteiger partial charge >= 0.3 is 6.09 Å². The number of halogens is 1. The van der Waals surface area contributed by atoms with Gasteiger partial charge in [-0.2, -0.15) is 0 Å². The zero-order valence-corrected chi connectivity index (χ0v) is 20.0. The fourth-order valence-electron chi connectivity index (χ4n) is 3.94. The van der Waals surface area contributed by atoms with E-state index in [4.69, 9.17) is 21.1 Å². The van der Waals surface area contributed by atoms with Crippen molar-refractivity contribution in [1.29, 1.82) is 0 Å². The number of tetrazole rings is 1. The van der Waals surface area contributed by atoms with Crippen molar-refractivity contribution in [3.63, 3.8) is 0 Å². The number of hydrogen-bond acceptors (Lipinski definition) is 7. The second-order valence-electron chi connectivity index (χ2n) is 8.22. The van der Waals surface area contributed by atoms with Gasteiger partial charge in [0.2, 0.25) is 5.82 Å². The highest BCUT2D eigenvalue weighted by Crippen LogP contribution is 2.21. The Bertz CT molecular complexity index is 1070. The van der Waals surface area contributed by atoms with Gasteiger partial charge in [0.1, 0.15) is 19.7 Å². The van der Waals surface area contributed by atoms with Crippen LogP contribution in [0, 0.1) is 0 Å². The topological polar surface area (TPSA) is 98.8 Å². The summed E-state index contributed by atoms with van der Waals surface area (Å²) in [6.07, 6.45) is -0.549. The maximum absolute atomic E-state index is 12.2. The third kappa shape index (κ3) is 6.02. The summed E-state index contributed by atoms with van der Waals surface area (Å²) in [6, 6.07) is 15.2. The van der Waals surface area contributed by atoms with E-state index in [9.17, 15) is 4.79 Å². The fourth-order valence-corrected chi connectivity index (χ4v) is 4.07. The zero-order chi connectivity index (χ0) is 23.9. The zero-order valence-electron chi connectivity index (χ0n) is 19.3. The molecule has 0 spiro atoms. The number of ether oxygens (including phenoxy) is 2. The Labute approximate surface area is 203 Å². The van der Waals surface area contributed by atoms with E-state index in [0.29, 0.717) is 30.5 Å². The summed E-state index contributed by atoms with van der Waals surface area (Å²) in [5.41, 5.74) is 2.86. The fraction of sp³-hybridized carbons (Fsp3) is 0.391.